The summed E-state index contributed by atoms with van der Waals surface area (Å²) in [6, 6.07) is 21.2. The minimum atomic E-state index is 0.219. The first kappa shape index (κ1) is 23.1. The summed E-state index contributed by atoms with van der Waals surface area (Å²) >= 11 is 2.58. The highest BCUT2D eigenvalue weighted by Crippen LogP contribution is 2.52. The van der Waals surface area contributed by atoms with Crippen LogP contribution in [0, 0.1) is 3.57 Å². The van der Waals surface area contributed by atoms with Gasteiger partial charge in [0.1, 0.15) is 0 Å². The van der Waals surface area contributed by atoms with Gasteiger partial charge in [-0.15, -0.1) is 0 Å². The number of halogens is 1. The molecule has 5 rings (SSSR count). The van der Waals surface area contributed by atoms with Crippen molar-refractivity contribution in [3.63, 3.8) is 0 Å². The van der Waals surface area contributed by atoms with E-state index in [1.807, 2.05) is 0 Å². The largest absolute Gasteiger partial charge is 0.0610 e. The molecule has 33 heavy (non-hydrogen) atoms. The van der Waals surface area contributed by atoms with Gasteiger partial charge >= 0.3 is 0 Å². The van der Waals surface area contributed by atoms with Crippen LogP contribution in [0.1, 0.15) is 90.5 Å². The molecule has 2 aliphatic carbocycles. The first-order chi connectivity index (χ1) is 15.2. The van der Waals surface area contributed by atoms with Crippen molar-refractivity contribution < 1.29 is 0 Å². The monoisotopic (exact) mass is 548 g/mol. The van der Waals surface area contributed by atoms with Crippen molar-refractivity contribution in [2.24, 2.45) is 0 Å². The van der Waals surface area contributed by atoms with Gasteiger partial charge in [0, 0.05) is 3.57 Å². The van der Waals surface area contributed by atoms with Gasteiger partial charge in [-0.05, 0) is 102 Å². The van der Waals surface area contributed by atoms with Crippen LogP contribution in [0.15, 0.2) is 54.6 Å². The van der Waals surface area contributed by atoms with E-state index in [9.17, 15) is 0 Å². The van der Waals surface area contributed by atoms with Crippen molar-refractivity contribution in [1.82, 2.24) is 0 Å². The number of hydrogen-bond donors (Lipinski definition) is 0. The van der Waals surface area contributed by atoms with E-state index in [2.05, 4.69) is 133 Å². The third-order valence-corrected chi connectivity index (χ3v) is 9.51. The molecule has 0 unspecified atom stereocenters. The van der Waals surface area contributed by atoms with Crippen molar-refractivity contribution in [3.8, 4) is 22.3 Å². The molecule has 0 nitrogen and oxygen atoms in total. The highest BCUT2D eigenvalue weighted by molar-refractivity contribution is 14.1. The average Bonchev–Trinajstić information content (AvgIpc) is 3.02. The van der Waals surface area contributed by atoms with Crippen LogP contribution in [-0.4, -0.2) is 0 Å². The van der Waals surface area contributed by atoms with E-state index in [1.54, 1.807) is 0 Å². The Morgan fingerprint density at radius 1 is 0.515 bits per heavy atom. The van der Waals surface area contributed by atoms with Crippen LogP contribution in [0.25, 0.3) is 22.3 Å². The number of hydrogen-bond acceptors (Lipinski definition) is 0. The van der Waals surface area contributed by atoms with Crippen molar-refractivity contribution in [1.29, 1.82) is 0 Å². The SMILES string of the molecule is CC1(C)CC(C)(C)c2cc(-c3cccc(-c4ccc5c(c4)C(C)(C)CC5(C)C)c3I)ccc21. The van der Waals surface area contributed by atoms with E-state index < -0.39 is 0 Å². The zero-order chi connectivity index (χ0) is 24.0. The van der Waals surface area contributed by atoms with Crippen LogP contribution in [0.2, 0.25) is 0 Å². The predicted octanol–water partition coefficient (Wildman–Crippen LogP) is 9.54. The molecule has 172 valence electrons. The first-order valence-corrected chi connectivity index (χ1v) is 13.4. The molecular formula is C32H37I. The Labute approximate surface area is 214 Å². The van der Waals surface area contributed by atoms with Crippen LogP contribution in [0.3, 0.4) is 0 Å². The summed E-state index contributed by atoms with van der Waals surface area (Å²) in [6.45, 7) is 19.2. The van der Waals surface area contributed by atoms with Crippen LogP contribution in [0.4, 0.5) is 0 Å². The molecule has 3 aromatic carbocycles. The van der Waals surface area contributed by atoms with Crippen molar-refractivity contribution in [3.05, 3.63) is 80.4 Å². The summed E-state index contributed by atoms with van der Waals surface area (Å²) in [5, 5.41) is 0. The van der Waals surface area contributed by atoms with E-state index in [0.29, 0.717) is 0 Å². The Morgan fingerprint density at radius 3 is 1.27 bits per heavy atom. The van der Waals surface area contributed by atoms with Crippen molar-refractivity contribution in [2.75, 3.05) is 0 Å². The Kier molecular flexibility index (Phi) is 5.05. The molecule has 0 N–H and O–H groups in total. The van der Waals surface area contributed by atoms with Crippen molar-refractivity contribution in [2.45, 2.75) is 89.9 Å². The van der Waals surface area contributed by atoms with Crippen LogP contribution >= 0.6 is 22.6 Å². The Morgan fingerprint density at radius 2 is 0.879 bits per heavy atom. The number of rotatable bonds is 2. The minimum Gasteiger partial charge on any atom is -0.0610 e. The summed E-state index contributed by atoms with van der Waals surface area (Å²) in [4.78, 5) is 0. The van der Waals surface area contributed by atoms with E-state index in [0.717, 1.165) is 0 Å². The molecule has 0 aliphatic heterocycles. The summed E-state index contributed by atoms with van der Waals surface area (Å²) in [5.41, 5.74) is 12.4. The van der Waals surface area contributed by atoms with Gasteiger partial charge < -0.3 is 0 Å². The molecule has 0 heterocycles. The van der Waals surface area contributed by atoms with Gasteiger partial charge in [0.2, 0.25) is 0 Å². The molecule has 0 atom stereocenters. The molecule has 0 spiro atoms. The second-order valence-electron chi connectivity index (χ2n) is 13.1. The fourth-order valence-corrected chi connectivity index (χ4v) is 8.27. The molecule has 0 fully saturated rings. The van der Waals surface area contributed by atoms with Crippen LogP contribution in [0.5, 0.6) is 0 Å². The third kappa shape index (κ3) is 3.61. The average molecular weight is 549 g/mol. The summed E-state index contributed by atoms with van der Waals surface area (Å²) in [5.74, 6) is 0. The standard InChI is InChI=1S/C32H37I/c1-29(2)18-31(5,6)26-16-20(12-14-24(26)29)22-10-9-11-23(28(22)33)21-13-15-25-27(17-21)32(7,8)19-30(25,3)4/h9-17H,18-19H2,1-8H3. The molecule has 2 aliphatic rings. The van der Waals surface area contributed by atoms with E-state index >= 15 is 0 Å². The Bertz CT molecular complexity index is 1170. The Balaban J connectivity index is 1.62. The van der Waals surface area contributed by atoms with Gasteiger partial charge in [0.25, 0.3) is 0 Å². The number of fused-ring (bicyclic) bond motifs is 2. The van der Waals surface area contributed by atoms with Gasteiger partial charge in [0.15, 0.2) is 0 Å². The number of benzene rings is 3. The predicted molar refractivity (Wildman–Crippen MR) is 151 cm³/mol. The third-order valence-electron chi connectivity index (χ3n) is 8.34. The molecule has 0 saturated carbocycles. The highest BCUT2D eigenvalue weighted by atomic mass is 127. The Hall–Kier alpha value is -1.61. The van der Waals surface area contributed by atoms with Gasteiger partial charge in [0.05, 0.1) is 0 Å². The molecular weight excluding hydrogens is 511 g/mol. The van der Waals surface area contributed by atoms with Crippen LogP contribution in [-0.2, 0) is 21.7 Å². The lowest BCUT2D eigenvalue weighted by molar-refractivity contribution is 0.402. The molecule has 1 heteroatoms. The van der Waals surface area contributed by atoms with Gasteiger partial charge in [-0.1, -0.05) is 110 Å². The molecule has 0 aromatic heterocycles. The normalized spacial score (nSPS) is 21.0. The summed E-state index contributed by atoms with van der Waals surface area (Å²) in [6.07, 6.45) is 2.41. The zero-order valence-corrected chi connectivity index (χ0v) is 23.6. The maximum absolute atomic E-state index is 2.58. The second kappa shape index (κ2) is 7.20. The molecule has 0 amide bonds. The van der Waals surface area contributed by atoms with Crippen molar-refractivity contribution >= 4 is 22.6 Å². The second-order valence-corrected chi connectivity index (χ2v) is 14.2. The zero-order valence-electron chi connectivity index (χ0n) is 21.5. The lowest BCUT2D eigenvalue weighted by Crippen LogP contribution is -2.18. The van der Waals surface area contributed by atoms with E-state index in [4.69, 9.17) is 0 Å². The van der Waals surface area contributed by atoms with E-state index in [1.165, 1.54) is 60.9 Å². The first-order valence-electron chi connectivity index (χ1n) is 12.3. The molecule has 0 radical (unpaired) electrons. The van der Waals surface area contributed by atoms with Gasteiger partial charge in [-0.2, -0.15) is 0 Å². The maximum atomic E-state index is 2.58. The maximum Gasteiger partial charge on any atom is 0.0287 e. The molecule has 3 aromatic rings. The van der Waals surface area contributed by atoms with Crippen LogP contribution < -0.4 is 0 Å². The molecule has 0 bridgehead atoms. The quantitative estimate of drug-likeness (QED) is 0.280. The topological polar surface area (TPSA) is 0 Å². The fraction of sp³-hybridized carbons (Fsp3) is 0.438. The van der Waals surface area contributed by atoms with Gasteiger partial charge in [-0.3, -0.25) is 0 Å². The van der Waals surface area contributed by atoms with E-state index in [-0.39, 0.29) is 21.7 Å². The fourth-order valence-electron chi connectivity index (χ4n) is 7.29. The van der Waals surface area contributed by atoms with Gasteiger partial charge in [-0.25, -0.2) is 0 Å². The lowest BCUT2D eigenvalue weighted by atomic mass is 9.82. The summed E-state index contributed by atoms with van der Waals surface area (Å²) in [7, 11) is 0. The summed E-state index contributed by atoms with van der Waals surface area (Å²) < 4.78 is 1.35. The lowest BCUT2D eigenvalue weighted by Gasteiger charge is -2.22. The molecule has 0 saturated heterocycles. The smallest absolute Gasteiger partial charge is 0.0287 e. The highest BCUT2D eigenvalue weighted by Gasteiger charge is 2.43. The minimum absolute atomic E-state index is 0.219.